The van der Waals surface area contributed by atoms with Crippen LogP contribution in [-0.4, -0.2) is 38.0 Å². The number of carbonyl (C=O) groups excluding carboxylic acids is 1. The Morgan fingerprint density at radius 2 is 2.27 bits per heavy atom. The predicted octanol–water partition coefficient (Wildman–Crippen LogP) is 1.61. The van der Waals surface area contributed by atoms with E-state index in [1.807, 2.05) is 31.2 Å². The molecule has 1 aromatic heterocycles. The number of nitrogens with zero attached hydrogens (tertiary/aromatic N) is 3. The second-order valence-corrected chi connectivity index (χ2v) is 5.45. The highest BCUT2D eigenvalue weighted by molar-refractivity contribution is 5.89. The Morgan fingerprint density at radius 3 is 2.95 bits per heavy atom. The molecule has 1 aromatic carbocycles. The van der Waals surface area contributed by atoms with Gasteiger partial charge in [0.05, 0.1) is 12.1 Å². The van der Waals surface area contributed by atoms with E-state index < -0.39 is 5.60 Å². The van der Waals surface area contributed by atoms with Gasteiger partial charge in [-0.05, 0) is 31.0 Å². The van der Waals surface area contributed by atoms with E-state index in [4.69, 9.17) is 0 Å². The molecular formula is C15H21N5O2. The third-order valence-corrected chi connectivity index (χ3v) is 3.39. The van der Waals surface area contributed by atoms with Crippen molar-refractivity contribution in [2.75, 3.05) is 11.9 Å². The van der Waals surface area contributed by atoms with Gasteiger partial charge in [-0.1, -0.05) is 19.1 Å². The maximum atomic E-state index is 11.8. The van der Waals surface area contributed by atoms with Gasteiger partial charge in [0, 0.05) is 12.2 Å². The molecule has 0 spiro atoms. The summed E-state index contributed by atoms with van der Waals surface area (Å²) < 4.78 is 1.71. The molecule has 0 fully saturated rings. The van der Waals surface area contributed by atoms with Crippen LogP contribution >= 0.6 is 0 Å². The van der Waals surface area contributed by atoms with Crippen molar-refractivity contribution in [1.82, 2.24) is 20.1 Å². The fourth-order valence-corrected chi connectivity index (χ4v) is 1.82. The van der Waals surface area contributed by atoms with Crippen LogP contribution < -0.4 is 10.6 Å². The summed E-state index contributed by atoms with van der Waals surface area (Å²) in [5.74, 6) is 0. The van der Waals surface area contributed by atoms with Crippen molar-refractivity contribution in [1.29, 1.82) is 0 Å². The lowest BCUT2D eigenvalue weighted by molar-refractivity contribution is 0.0587. The molecule has 0 radical (unpaired) electrons. The second kappa shape index (κ2) is 7.04. The molecule has 0 saturated heterocycles. The zero-order valence-electron chi connectivity index (χ0n) is 12.8. The Balaban J connectivity index is 1.91. The summed E-state index contributed by atoms with van der Waals surface area (Å²) in [6.07, 6.45) is 3.69. The summed E-state index contributed by atoms with van der Waals surface area (Å²) in [6.45, 7) is 4.34. The molecule has 2 aromatic rings. The highest BCUT2D eigenvalue weighted by Crippen LogP contribution is 2.12. The van der Waals surface area contributed by atoms with Crippen LogP contribution in [0.1, 0.15) is 25.8 Å². The number of aliphatic hydroxyl groups is 1. The zero-order valence-corrected chi connectivity index (χ0v) is 12.8. The number of aromatic nitrogens is 3. The Hall–Kier alpha value is -2.41. The number of hydrogen-bond donors (Lipinski definition) is 3. The normalized spacial score (nSPS) is 13.4. The molecule has 0 unspecified atom stereocenters. The monoisotopic (exact) mass is 303 g/mol. The summed E-state index contributed by atoms with van der Waals surface area (Å²) in [5.41, 5.74) is 0.793. The number of amides is 2. The van der Waals surface area contributed by atoms with Crippen molar-refractivity contribution in [3.8, 4) is 0 Å². The van der Waals surface area contributed by atoms with Crippen molar-refractivity contribution in [2.24, 2.45) is 0 Å². The molecule has 7 nitrogen and oxygen atoms in total. The van der Waals surface area contributed by atoms with E-state index in [1.54, 1.807) is 17.9 Å². The molecule has 0 bridgehead atoms. The predicted molar refractivity (Wildman–Crippen MR) is 83.5 cm³/mol. The van der Waals surface area contributed by atoms with E-state index in [9.17, 15) is 9.90 Å². The quantitative estimate of drug-likeness (QED) is 0.756. The van der Waals surface area contributed by atoms with Gasteiger partial charge < -0.3 is 15.7 Å². The van der Waals surface area contributed by atoms with Crippen LogP contribution in [-0.2, 0) is 6.54 Å². The SMILES string of the molecule is CC[C@@](C)(O)CNC(=O)Nc1cccc(Cn2cncn2)c1. The molecule has 2 rings (SSSR count). The minimum atomic E-state index is -0.897. The summed E-state index contributed by atoms with van der Waals surface area (Å²) >= 11 is 0. The smallest absolute Gasteiger partial charge is 0.319 e. The van der Waals surface area contributed by atoms with E-state index in [0.29, 0.717) is 18.7 Å². The number of nitrogens with one attached hydrogen (secondary N) is 2. The van der Waals surface area contributed by atoms with Crippen molar-refractivity contribution in [3.05, 3.63) is 42.5 Å². The standard InChI is InChI=1S/C15H21N5O2/c1-3-15(2,22)9-17-14(21)19-13-6-4-5-12(7-13)8-20-11-16-10-18-20/h4-7,10-11,22H,3,8-9H2,1-2H3,(H2,17,19,21)/t15-/m1/s1. The summed E-state index contributed by atoms with van der Waals surface area (Å²) in [5, 5.41) is 19.3. The highest BCUT2D eigenvalue weighted by atomic mass is 16.3. The fraction of sp³-hybridized carbons (Fsp3) is 0.400. The van der Waals surface area contributed by atoms with Gasteiger partial charge in [-0.3, -0.25) is 0 Å². The topological polar surface area (TPSA) is 92.1 Å². The Labute approximate surface area is 129 Å². The molecule has 0 aliphatic rings. The number of rotatable bonds is 6. The van der Waals surface area contributed by atoms with Crippen LogP contribution in [0.4, 0.5) is 10.5 Å². The van der Waals surface area contributed by atoms with Gasteiger partial charge in [-0.2, -0.15) is 5.10 Å². The van der Waals surface area contributed by atoms with Crippen molar-refractivity contribution >= 4 is 11.7 Å². The third kappa shape index (κ3) is 4.85. The molecule has 1 atom stereocenters. The average Bonchev–Trinajstić information content (AvgIpc) is 2.99. The summed E-state index contributed by atoms with van der Waals surface area (Å²) in [6, 6.07) is 7.16. The first kappa shape index (κ1) is 16.0. The molecule has 22 heavy (non-hydrogen) atoms. The molecule has 0 aliphatic heterocycles. The van der Waals surface area contributed by atoms with Gasteiger partial charge in [0.25, 0.3) is 0 Å². The first-order chi connectivity index (χ1) is 10.5. The lowest BCUT2D eigenvalue weighted by Crippen LogP contribution is -2.41. The van der Waals surface area contributed by atoms with E-state index in [2.05, 4.69) is 20.7 Å². The van der Waals surface area contributed by atoms with Gasteiger partial charge in [-0.25, -0.2) is 14.5 Å². The summed E-state index contributed by atoms with van der Waals surface area (Å²) in [7, 11) is 0. The van der Waals surface area contributed by atoms with Crippen LogP contribution in [0.25, 0.3) is 0 Å². The van der Waals surface area contributed by atoms with E-state index >= 15 is 0 Å². The van der Waals surface area contributed by atoms with Crippen LogP contribution in [0.5, 0.6) is 0 Å². The number of carbonyl (C=O) groups is 1. The molecule has 7 heteroatoms. The maximum absolute atomic E-state index is 11.8. The van der Waals surface area contributed by atoms with Gasteiger partial charge >= 0.3 is 6.03 Å². The fourth-order valence-electron chi connectivity index (χ4n) is 1.82. The van der Waals surface area contributed by atoms with Gasteiger partial charge in [0.15, 0.2) is 0 Å². The number of urea groups is 1. The lowest BCUT2D eigenvalue weighted by atomic mass is 10.0. The molecule has 1 heterocycles. The Kier molecular flexibility index (Phi) is 5.11. The number of hydrogen-bond acceptors (Lipinski definition) is 4. The first-order valence-corrected chi connectivity index (χ1v) is 7.17. The molecule has 3 N–H and O–H groups in total. The van der Waals surface area contributed by atoms with Crippen LogP contribution in [0, 0.1) is 0 Å². The minimum Gasteiger partial charge on any atom is -0.388 e. The van der Waals surface area contributed by atoms with Gasteiger partial charge in [0.2, 0.25) is 0 Å². The maximum Gasteiger partial charge on any atom is 0.319 e. The van der Waals surface area contributed by atoms with Crippen molar-refractivity contribution in [3.63, 3.8) is 0 Å². The van der Waals surface area contributed by atoms with Crippen LogP contribution in [0.2, 0.25) is 0 Å². The highest BCUT2D eigenvalue weighted by Gasteiger charge is 2.18. The Bertz CT molecular complexity index is 610. The van der Waals surface area contributed by atoms with E-state index in [0.717, 1.165) is 5.56 Å². The minimum absolute atomic E-state index is 0.202. The molecule has 2 amide bonds. The molecule has 0 saturated carbocycles. The molecular weight excluding hydrogens is 282 g/mol. The third-order valence-electron chi connectivity index (χ3n) is 3.39. The largest absolute Gasteiger partial charge is 0.388 e. The summed E-state index contributed by atoms with van der Waals surface area (Å²) in [4.78, 5) is 15.7. The number of benzene rings is 1. The zero-order chi connectivity index (χ0) is 16.0. The Morgan fingerprint density at radius 1 is 1.45 bits per heavy atom. The van der Waals surface area contributed by atoms with Gasteiger partial charge in [0.1, 0.15) is 12.7 Å². The molecule has 0 aliphatic carbocycles. The number of anilines is 1. The van der Waals surface area contributed by atoms with Crippen LogP contribution in [0.15, 0.2) is 36.9 Å². The van der Waals surface area contributed by atoms with Crippen molar-refractivity contribution < 1.29 is 9.90 Å². The average molecular weight is 303 g/mol. The first-order valence-electron chi connectivity index (χ1n) is 7.17. The second-order valence-electron chi connectivity index (χ2n) is 5.45. The van der Waals surface area contributed by atoms with E-state index in [-0.39, 0.29) is 12.6 Å². The lowest BCUT2D eigenvalue weighted by Gasteiger charge is -2.21. The molecule has 118 valence electrons. The van der Waals surface area contributed by atoms with Crippen LogP contribution in [0.3, 0.4) is 0 Å². The van der Waals surface area contributed by atoms with E-state index in [1.165, 1.54) is 6.33 Å². The van der Waals surface area contributed by atoms with Crippen molar-refractivity contribution in [2.45, 2.75) is 32.4 Å². The van der Waals surface area contributed by atoms with Gasteiger partial charge in [-0.15, -0.1) is 0 Å².